The van der Waals surface area contributed by atoms with Crippen molar-refractivity contribution >= 4 is 35.0 Å². The maximum atomic E-state index is 14.2. The fourth-order valence-corrected chi connectivity index (χ4v) is 7.74. The molecule has 1 saturated heterocycles. The van der Waals surface area contributed by atoms with Crippen LogP contribution >= 0.6 is 11.3 Å². The van der Waals surface area contributed by atoms with Crippen LogP contribution in [0.5, 0.6) is 5.75 Å². The number of rotatable bonds is 18. The maximum Gasteiger partial charge on any atom is 0.243 e. The summed E-state index contributed by atoms with van der Waals surface area (Å²) in [6.45, 7) is 5.73. The van der Waals surface area contributed by atoms with E-state index < -0.39 is 41.8 Å². The van der Waals surface area contributed by atoms with Gasteiger partial charge in [0.15, 0.2) is 0 Å². The number of aliphatic hydroxyl groups is 1. The van der Waals surface area contributed by atoms with Crippen molar-refractivity contribution in [2.24, 2.45) is 23.7 Å². The predicted octanol–water partition coefficient (Wildman–Crippen LogP) is 3.51. The van der Waals surface area contributed by atoms with Crippen LogP contribution in [-0.2, 0) is 36.8 Å². The fraction of sp³-hybridized carbons (Fsp3) is 0.658. The molecule has 5 atom stereocenters. The molecular formula is C38H57N5O7S. The molecule has 0 bridgehead atoms. The molecule has 4 N–H and O–H groups in total. The SMILES string of the molecule is CNC(=O)C(CC(O)C(CC1CCCCC1)NC(=O)[C@H](Cc1cscn1)NC(=O)C(CC(=O)N1CCOCC1)Cc1ccc(OC)cc1)C(C)C. The summed E-state index contributed by atoms with van der Waals surface area (Å²) in [7, 11) is 3.18. The molecule has 1 saturated carbocycles. The van der Waals surface area contributed by atoms with Gasteiger partial charge < -0.3 is 35.4 Å². The second-order valence-electron chi connectivity index (χ2n) is 14.3. The highest BCUT2D eigenvalue weighted by Gasteiger charge is 2.35. The lowest BCUT2D eigenvalue weighted by atomic mass is 9.81. The normalized spacial score (nSPS) is 18.3. The quantitative estimate of drug-likeness (QED) is 0.182. The van der Waals surface area contributed by atoms with Gasteiger partial charge in [0.05, 0.1) is 49.6 Å². The van der Waals surface area contributed by atoms with Crippen molar-refractivity contribution in [3.05, 3.63) is 46.4 Å². The van der Waals surface area contributed by atoms with Gasteiger partial charge in [-0.2, -0.15) is 0 Å². The monoisotopic (exact) mass is 727 g/mol. The van der Waals surface area contributed by atoms with Crippen molar-refractivity contribution in [2.45, 2.75) is 96.2 Å². The van der Waals surface area contributed by atoms with Crippen LogP contribution in [0.1, 0.15) is 76.5 Å². The molecular weight excluding hydrogens is 671 g/mol. The van der Waals surface area contributed by atoms with Crippen molar-refractivity contribution in [3.8, 4) is 5.75 Å². The van der Waals surface area contributed by atoms with E-state index in [1.807, 2.05) is 43.5 Å². The van der Waals surface area contributed by atoms with E-state index in [1.54, 1.807) is 24.6 Å². The number of thiazole rings is 1. The highest BCUT2D eigenvalue weighted by atomic mass is 32.1. The van der Waals surface area contributed by atoms with Gasteiger partial charge in [-0.15, -0.1) is 11.3 Å². The molecule has 2 aromatic rings. The van der Waals surface area contributed by atoms with E-state index >= 15 is 0 Å². The van der Waals surface area contributed by atoms with Crippen molar-refractivity contribution in [1.29, 1.82) is 0 Å². The third kappa shape index (κ3) is 12.6. The van der Waals surface area contributed by atoms with Gasteiger partial charge in [-0.1, -0.05) is 58.1 Å². The summed E-state index contributed by atoms with van der Waals surface area (Å²) in [6.07, 6.45) is 5.65. The number of amides is 4. The zero-order valence-electron chi connectivity index (χ0n) is 30.6. The number of ether oxygens (including phenoxy) is 2. The van der Waals surface area contributed by atoms with E-state index in [9.17, 15) is 24.3 Å². The topological polar surface area (TPSA) is 159 Å². The number of nitrogens with one attached hydrogen (secondary N) is 3. The summed E-state index contributed by atoms with van der Waals surface area (Å²) in [4.78, 5) is 60.7. The molecule has 1 aliphatic heterocycles. The number of nitrogens with zero attached hydrogens (tertiary/aromatic N) is 2. The molecule has 1 aromatic heterocycles. The number of aliphatic hydroxyl groups excluding tert-OH is 1. The number of benzene rings is 1. The van der Waals surface area contributed by atoms with Crippen molar-refractivity contribution in [2.75, 3.05) is 40.5 Å². The first-order valence-corrected chi connectivity index (χ1v) is 19.4. The second-order valence-corrected chi connectivity index (χ2v) is 15.0. The van der Waals surface area contributed by atoms with Crippen LogP contribution < -0.4 is 20.7 Å². The number of hydrogen-bond donors (Lipinski definition) is 4. The summed E-state index contributed by atoms with van der Waals surface area (Å²) < 4.78 is 10.7. The smallest absolute Gasteiger partial charge is 0.243 e. The third-order valence-electron chi connectivity index (χ3n) is 10.3. The Bertz CT molecular complexity index is 1380. The molecule has 12 nitrogen and oxygen atoms in total. The highest BCUT2D eigenvalue weighted by Crippen LogP contribution is 2.30. The summed E-state index contributed by atoms with van der Waals surface area (Å²) in [5.74, 6) is -1.29. The molecule has 282 valence electrons. The van der Waals surface area contributed by atoms with Gasteiger partial charge >= 0.3 is 0 Å². The molecule has 0 radical (unpaired) electrons. The molecule has 1 aliphatic carbocycles. The molecule has 13 heteroatoms. The Morgan fingerprint density at radius 3 is 2.31 bits per heavy atom. The number of morpholine rings is 1. The van der Waals surface area contributed by atoms with E-state index in [2.05, 4.69) is 20.9 Å². The lowest BCUT2D eigenvalue weighted by Crippen LogP contribution is -2.55. The van der Waals surface area contributed by atoms with Gasteiger partial charge in [-0.3, -0.25) is 19.2 Å². The first kappa shape index (κ1) is 40.2. The Morgan fingerprint density at radius 1 is 1.00 bits per heavy atom. The van der Waals surface area contributed by atoms with Crippen LogP contribution in [0.4, 0.5) is 0 Å². The number of carbonyl (C=O) groups excluding carboxylic acids is 4. The molecule has 0 spiro atoms. The van der Waals surface area contributed by atoms with E-state index in [4.69, 9.17) is 9.47 Å². The summed E-state index contributed by atoms with van der Waals surface area (Å²) in [5, 5.41) is 22.3. The van der Waals surface area contributed by atoms with E-state index in [1.165, 1.54) is 17.8 Å². The Labute approximate surface area is 306 Å². The molecule has 51 heavy (non-hydrogen) atoms. The summed E-state index contributed by atoms with van der Waals surface area (Å²) >= 11 is 1.40. The summed E-state index contributed by atoms with van der Waals surface area (Å²) in [5.41, 5.74) is 3.19. The average molecular weight is 728 g/mol. The van der Waals surface area contributed by atoms with Crippen LogP contribution in [0.25, 0.3) is 0 Å². The summed E-state index contributed by atoms with van der Waals surface area (Å²) in [6, 6.07) is 5.77. The Kier molecular flexibility index (Phi) is 16.2. The van der Waals surface area contributed by atoms with Crippen LogP contribution in [0.3, 0.4) is 0 Å². The first-order chi connectivity index (χ1) is 24.6. The minimum absolute atomic E-state index is 0.00913. The second kappa shape index (κ2) is 20.5. The van der Waals surface area contributed by atoms with Crippen LogP contribution in [0, 0.1) is 23.7 Å². The van der Waals surface area contributed by atoms with E-state index in [0.717, 1.165) is 31.2 Å². The Balaban J connectivity index is 1.56. The maximum absolute atomic E-state index is 14.2. The standard InChI is InChI=1S/C38H57N5O7S/c1-25(2)31(37(47)39-3)22-34(44)32(19-26-8-6-5-7-9-26)41-38(48)33(21-29-23-51-24-40-29)42-36(46)28(18-27-10-12-30(49-4)13-11-27)20-35(45)43-14-16-50-17-15-43/h10-13,23-26,28,31-34,44H,5-9,14-22H2,1-4H3,(H,39,47)(H,41,48)(H,42,46)/t28?,31?,32?,33-,34?/m0/s1. The number of hydrogen-bond acceptors (Lipinski definition) is 9. The molecule has 2 fully saturated rings. The fourth-order valence-electron chi connectivity index (χ4n) is 7.17. The zero-order chi connectivity index (χ0) is 36.8. The largest absolute Gasteiger partial charge is 0.497 e. The van der Waals surface area contributed by atoms with Gasteiger partial charge in [0.25, 0.3) is 0 Å². The van der Waals surface area contributed by atoms with Crippen molar-refractivity contribution in [1.82, 2.24) is 25.8 Å². The van der Waals surface area contributed by atoms with Gasteiger partial charge in [-0.05, 0) is 48.8 Å². The van der Waals surface area contributed by atoms with Gasteiger partial charge in [-0.25, -0.2) is 4.98 Å². The van der Waals surface area contributed by atoms with Crippen LogP contribution in [0.2, 0.25) is 0 Å². The van der Waals surface area contributed by atoms with E-state index in [0.29, 0.717) is 50.1 Å². The average Bonchev–Trinajstić information content (AvgIpc) is 3.66. The number of carbonyl (C=O) groups is 4. The van der Waals surface area contributed by atoms with Crippen molar-refractivity contribution in [3.63, 3.8) is 0 Å². The lowest BCUT2D eigenvalue weighted by Gasteiger charge is -2.33. The third-order valence-corrected chi connectivity index (χ3v) is 10.9. The first-order valence-electron chi connectivity index (χ1n) is 18.4. The molecule has 4 unspecified atom stereocenters. The Morgan fingerprint density at radius 2 is 1.71 bits per heavy atom. The Hall–Kier alpha value is -3.55. The molecule has 2 aliphatic rings. The minimum Gasteiger partial charge on any atom is -0.497 e. The zero-order valence-corrected chi connectivity index (χ0v) is 31.4. The van der Waals surface area contributed by atoms with Gasteiger partial charge in [0.1, 0.15) is 11.8 Å². The van der Waals surface area contributed by atoms with Crippen LogP contribution in [-0.4, -0.2) is 97.3 Å². The van der Waals surface area contributed by atoms with Gasteiger partial charge in [0.2, 0.25) is 23.6 Å². The highest BCUT2D eigenvalue weighted by molar-refractivity contribution is 7.07. The molecule has 2 heterocycles. The van der Waals surface area contributed by atoms with Gasteiger partial charge in [0, 0.05) is 44.3 Å². The molecule has 1 aromatic carbocycles. The minimum atomic E-state index is -1.00. The van der Waals surface area contributed by atoms with Crippen LogP contribution in [0.15, 0.2) is 35.2 Å². The predicted molar refractivity (Wildman–Crippen MR) is 196 cm³/mol. The lowest BCUT2D eigenvalue weighted by molar-refractivity contribution is -0.140. The van der Waals surface area contributed by atoms with Crippen molar-refractivity contribution < 1.29 is 33.8 Å². The number of aromatic nitrogens is 1. The molecule has 4 rings (SSSR count). The molecule has 4 amide bonds. The number of methoxy groups -OCH3 is 1. The van der Waals surface area contributed by atoms with E-state index in [-0.39, 0.29) is 43.4 Å².